The van der Waals surface area contributed by atoms with Gasteiger partial charge in [-0.3, -0.25) is 0 Å². The Morgan fingerprint density at radius 1 is 1.54 bits per heavy atom. The van der Waals surface area contributed by atoms with Crippen LogP contribution >= 0.6 is 0 Å². The Bertz CT molecular complexity index is 191. The van der Waals surface area contributed by atoms with Crippen LogP contribution in [0.2, 0.25) is 0 Å². The van der Waals surface area contributed by atoms with E-state index < -0.39 is 0 Å². The molecule has 13 heavy (non-hydrogen) atoms. The fourth-order valence-electron chi connectivity index (χ4n) is 1.65. The van der Waals surface area contributed by atoms with Crippen LogP contribution in [0.3, 0.4) is 0 Å². The van der Waals surface area contributed by atoms with Gasteiger partial charge in [-0.2, -0.15) is 0 Å². The number of hydrogen-bond donors (Lipinski definition) is 1. The second-order valence-corrected chi connectivity index (χ2v) is 5.04. The van der Waals surface area contributed by atoms with Crippen molar-refractivity contribution in [3.63, 3.8) is 0 Å². The van der Waals surface area contributed by atoms with Crippen molar-refractivity contribution >= 4 is 0 Å². The SMILES string of the molecule is CC(C)(C)CC(N)C1=COCCC1. The molecule has 1 aliphatic rings. The van der Waals surface area contributed by atoms with Crippen molar-refractivity contribution in [1.82, 2.24) is 0 Å². The molecule has 2 heteroatoms. The van der Waals surface area contributed by atoms with Gasteiger partial charge in [0, 0.05) is 6.04 Å². The van der Waals surface area contributed by atoms with E-state index in [1.165, 1.54) is 5.57 Å². The fraction of sp³-hybridized carbons (Fsp3) is 0.818. The molecular formula is C11H21NO. The maximum Gasteiger partial charge on any atom is 0.0876 e. The first-order valence-corrected chi connectivity index (χ1v) is 5.05. The molecule has 0 amide bonds. The van der Waals surface area contributed by atoms with Gasteiger partial charge in [0.05, 0.1) is 12.9 Å². The van der Waals surface area contributed by atoms with Gasteiger partial charge in [-0.15, -0.1) is 0 Å². The smallest absolute Gasteiger partial charge is 0.0876 e. The summed E-state index contributed by atoms with van der Waals surface area (Å²) in [5.74, 6) is 0. The molecular weight excluding hydrogens is 162 g/mol. The molecule has 76 valence electrons. The summed E-state index contributed by atoms with van der Waals surface area (Å²) in [6.07, 6.45) is 5.11. The highest BCUT2D eigenvalue weighted by molar-refractivity contribution is 5.09. The third-order valence-corrected chi connectivity index (χ3v) is 2.27. The highest BCUT2D eigenvalue weighted by atomic mass is 16.5. The van der Waals surface area contributed by atoms with Crippen LogP contribution in [0.4, 0.5) is 0 Å². The minimum absolute atomic E-state index is 0.181. The van der Waals surface area contributed by atoms with Crippen molar-refractivity contribution in [2.24, 2.45) is 11.1 Å². The molecule has 0 spiro atoms. The molecule has 1 rings (SSSR count). The molecule has 1 heterocycles. The van der Waals surface area contributed by atoms with Crippen LogP contribution in [0.15, 0.2) is 11.8 Å². The van der Waals surface area contributed by atoms with E-state index in [2.05, 4.69) is 20.8 Å². The van der Waals surface area contributed by atoms with Crippen LogP contribution < -0.4 is 5.73 Å². The summed E-state index contributed by atoms with van der Waals surface area (Å²) in [5.41, 5.74) is 7.67. The highest BCUT2D eigenvalue weighted by Gasteiger charge is 2.19. The Labute approximate surface area is 81.1 Å². The molecule has 1 atom stereocenters. The highest BCUT2D eigenvalue weighted by Crippen LogP contribution is 2.25. The lowest BCUT2D eigenvalue weighted by Crippen LogP contribution is -2.29. The molecule has 0 saturated heterocycles. The predicted molar refractivity (Wildman–Crippen MR) is 55.3 cm³/mol. The van der Waals surface area contributed by atoms with Gasteiger partial charge in [-0.25, -0.2) is 0 Å². The van der Waals surface area contributed by atoms with E-state index in [9.17, 15) is 0 Å². The van der Waals surface area contributed by atoms with Crippen molar-refractivity contribution in [2.45, 2.75) is 46.1 Å². The lowest BCUT2D eigenvalue weighted by atomic mass is 9.85. The van der Waals surface area contributed by atoms with Crippen LogP contribution in [0, 0.1) is 5.41 Å². The fourth-order valence-corrected chi connectivity index (χ4v) is 1.65. The van der Waals surface area contributed by atoms with Crippen LogP contribution in [-0.2, 0) is 4.74 Å². The van der Waals surface area contributed by atoms with E-state index in [1.807, 2.05) is 6.26 Å². The van der Waals surface area contributed by atoms with Crippen molar-refractivity contribution in [2.75, 3.05) is 6.61 Å². The molecule has 0 radical (unpaired) electrons. The monoisotopic (exact) mass is 183 g/mol. The predicted octanol–water partition coefficient (Wildman–Crippen LogP) is 2.44. The van der Waals surface area contributed by atoms with Crippen molar-refractivity contribution in [1.29, 1.82) is 0 Å². The van der Waals surface area contributed by atoms with Gasteiger partial charge in [0.2, 0.25) is 0 Å². The average molecular weight is 183 g/mol. The van der Waals surface area contributed by atoms with Crippen LogP contribution in [0.5, 0.6) is 0 Å². The van der Waals surface area contributed by atoms with E-state index in [4.69, 9.17) is 10.5 Å². The van der Waals surface area contributed by atoms with Crippen LogP contribution in [-0.4, -0.2) is 12.6 Å². The molecule has 0 aromatic carbocycles. The first kappa shape index (κ1) is 10.6. The summed E-state index contributed by atoms with van der Waals surface area (Å²) in [5, 5.41) is 0. The first-order chi connectivity index (χ1) is 5.99. The van der Waals surface area contributed by atoms with Crippen molar-refractivity contribution in [3.05, 3.63) is 11.8 Å². The second-order valence-electron chi connectivity index (χ2n) is 5.04. The molecule has 0 aromatic rings. The molecule has 1 aliphatic heterocycles. The summed E-state index contributed by atoms with van der Waals surface area (Å²) >= 11 is 0. The Kier molecular flexibility index (Phi) is 3.37. The zero-order chi connectivity index (χ0) is 9.90. The van der Waals surface area contributed by atoms with E-state index >= 15 is 0 Å². The standard InChI is InChI=1S/C11H21NO/c1-11(2,3)7-10(12)9-5-4-6-13-8-9/h8,10H,4-7,12H2,1-3H3. The molecule has 0 aromatic heterocycles. The van der Waals surface area contributed by atoms with Gasteiger partial charge in [-0.1, -0.05) is 20.8 Å². The molecule has 2 N–H and O–H groups in total. The van der Waals surface area contributed by atoms with Gasteiger partial charge in [0.25, 0.3) is 0 Å². The summed E-state index contributed by atoms with van der Waals surface area (Å²) < 4.78 is 5.28. The van der Waals surface area contributed by atoms with E-state index in [0.717, 1.165) is 25.9 Å². The largest absolute Gasteiger partial charge is 0.501 e. The number of rotatable bonds is 2. The molecule has 0 saturated carbocycles. The molecule has 0 fully saturated rings. The maximum absolute atomic E-state index is 6.09. The van der Waals surface area contributed by atoms with E-state index in [-0.39, 0.29) is 6.04 Å². The first-order valence-electron chi connectivity index (χ1n) is 5.05. The maximum atomic E-state index is 6.09. The summed E-state index contributed by atoms with van der Waals surface area (Å²) in [7, 11) is 0. The third-order valence-electron chi connectivity index (χ3n) is 2.27. The van der Waals surface area contributed by atoms with Gasteiger partial charge in [0.15, 0.2) is 0 Å². The third kappa shape index (κ3) is 3.81. The Morgan fingerprint density at radius 3 is 2.69 bits per heavy atom. The molecule has 0 bridgehead atoms. The molecule has 1 unspecified atom stereocenters. The summed E-state index contributed by atoms with van der Waals surface area (Å²) in [6, 6.07) is 0.181. The lowest BCUT2D eigenvalue weighted by molar-refractivity contribution is 0.217. The topological polar surface area (TPSA) is 35.2 Å². The van der Waals surface area contributed by atoms with Crippen molar-refractivity contribution in [3.8, 4) is 0 Å². The normalized spacial score (nSPS) is 20.5. The number of hydrogen-bond acceptors (Lipinski definition) is 2. The van der Waals surface area contributed by atoms with Gasteiger partial charge in [-0.05, 0) is 30.3 Å². The Balaban J connectivity index is 2.47. The zero-order valence-electron chi connectivity index (χ0n) is 8.97. The van der Waals surface area contributed by atoms with Crippen LogP contribution in [0.25, 0.3) is 0 Å². The molecule has 0 aliphatic carbocycles. The van der Waals surface area contributed by atoms with Gasteiger partial charge < -0.3 is 10.5 Å². The van der Waals surface area contributed by atoms with E-state index in [1.54, 1.807) is 0 Å². The Hall–Kier alpha value is -0.500. The summed E-state index contributed by atoms with van der Waals surface area (Å²) in [6.45, 7) is 7.51. The molecule has 2 nitrogen and oxygen atoms in total. The Morgan fingerprint density at radius 2 is 2.23 bits per heavy atom. The summed E-state index contributed by atoms with van der Waals surface area (Å²) in [4.78, 5) is 0. The minimum Gasteiger partial charge on any atom is -0.501 e. The zero-order valence-corrected chi connectivity index (χ0v) is 8.97. The van der Waals surface area contributed by atoms with Crippen LogP contribution in [0.1, 0.15) is 40.0 Å². The van der Waals surface area contributed by atoms with E-state index in [0.29, 0.717) is 5.41 Å². The lowest BCUT2D eigenvalue weighted by Gasteiger charge is -2.26. The quantitative estimate of drug-likeness (QED) is 0.713. The van der Waals surface area contributed by atoms with Crippen molar-refractivity contribution < 1.29 is 4.74 Å². The average Bonchev–Trinajstić information content (AvgIpc) is 2.03. The minimum atomic E-state index is 0.181. The van der Waals surface area contributed by atoms with Gasteiger partial charge >= 0.3 is 0 Å². The number of ether oxygens (including phenoxy) is 1. The second kappa shape index (κ2) is 4.14. The van der Waals surface area contributed by atoms with Gasteiger partial charge in [0.1, 0.15) is 0 Å². The number of nitrogens with two attached hydrogens (primary N) is 1.